The maximum atomic E-state index is 13.7. The summed E-state index contributed by atoms with van der Waals surface area (Å²) >= 11 is 0. The first-order chi connectivity index (χ1) is 14.8. The normalized spacial score (nSPS) is 12.2. The molecule has 2 aromatic heterocycles. The van der Waals surface area contributed by atoms with Crippen molar-refractivity contribution in [1.29, 1.82) is 0 Å². The third-order valence-corrected chi connectivity index (χ3v) is 6.79. The highest BCUT2D eigenvalue weighted by atomic mass is 32.2. The number of amides is 1. The lowest BCUT2D eigenvalue weighted by Gasteiger charge is -2.31. The molecule has 0 spiro atoms. The molecule has 31 heavy (non-hydrogen) atoms. The third kappa shape index (κ3) is 5.08. The van der Waals surface area contributed by atoms with Gasteiger partial charge in [-0.2, -0.15) is 8.42 Å². The fraction of sp³-hybridized carbons (Fsp3) is 0.261. The molecule has 1 atom stereocenters. The minimum atomic E-state index is -4.09. The molecule has 0 radical (unpaired) electrons. The van der Waals surface area contributed by atoms with Crippen molar-refractivity contribution in [2.75, 3.05) is 4.31 Å². The lowest BCUT2D eigenvalue weighted by molar-refractivity contribution is -0.122. The highest BCUT2D eigenvalue weighted by molar-refractivity contribution is 7.92. The van der Waals surface area contributed by atoms with Gasteiger partial charge in [-0.1, -0.05) is 36.8 Å². The number of nitrogens with one attached hydrogen (secondary N) is 1. The van der Waals surface area contributed by atoms with E-state index in [-0.39, 0.29) is 18.0 Å². The van der Waals surface area contributed by atoms with Crippen LogP contribution in [0.3, 0.4) is 0 Å². The summed E-state index contributed by atoms with van der Waals surface area (Å²) in [6, 6.07) is 14.9. The Labute approximate surface area is 183 Å². The van der Waals surface area contributed by atoms with Crippen molar-refractivity contribution in [3.8, 4) is 0 Å². The van der Waals surface area contributed by atoms with E-state index in [4.69, 9.17) is 0 Å². The van der Waals surface area contributed by atoms with Crippen molar-refractivity contribution in [1.82, 2.24) is 15.3 Å². The molecule has 0 aliphatic rings. The lowest BCUT2D eigenvalue weighted by Crippen LogP contribution is -2.49. The van der Waals surface area contributed by atoms with Gasteiger partial charge in [0, 0.05) is 12.4 Å². The number of hydrogen-bond donors (Lipinski definition) is 1. The van der Waals surface area contributed by atoms with Crippen molar-refractivity contribution < 1.29 is 13.2 Å². The van der Waals surface area contributed by atoms with Gasteiger partial charge in [0.25, 0.3) is 10.0 Å². The van der Waals surface area contributed by atoms with E-state index in [2.05, 4.69) is 15.3 Å². The molecule has 0 saturated heterocycles. The van der Waals surface area contributed by atoms with Crippen LogP contribution in [0, 0.1) is 13.8 Å². The SMILES string of the molecule is CCC(C(=O)NCc1ccccn1)N(c1ccc(C)cc1)S(=O)(=O)c1ncccc1C. The summed E-state index contributed by atoms with van der Waals surface area (Å²) in [7, 11) is -4.09. The fourth-order valence-electron chi connectivity index (χ4n) is 3.27. The molecule has 0 aliphatic heterocycles. The molecule has 2 heterocycles. The zero-order chi connectivity index (χ0) is 22.4. The number of benzene rings is 1. The number of pyridine rings is 2. The second-order valence-electron chi connectivity index (χ2n) is 7.22. The van der Waals surface area contributed by atoms with Gasteiger partial charge in [0.2, 0.25) is 5.91 Å². The molecular formula is C23H26N4O3S. The van der Waals surface area contributed by atoms with Gasteiger partial charge in [0.1, 0.15) is 6.04 Å². The fourth-order valence-corrected chi connectivity index (χ4v) is 5.10. The monoisotopic (exact) mass is 438 g/mol. The summed E-state index contributed by atoms with van der Waals surface area (Å²) in [5.74, 6) is -0.397. The third-order valence-electron chi connectivity index (χ3n) is 4.90. The Bertz CT molecular complexity index is 1130. The smallest absolute Gasteiger partial charge is 0.282 e. The van der Waals surface area contributed by atoms with E-state index in [0.29, 0.717) is 16.9 Å². The van der Waals surface area contributed by atoms with Crippen molar-refractivity contribution in [2.24, 2.45) is 0 Å². The zero-order valence-corrected chi connectivity index (χ0v) is 18.6. The predicted molar refractivity (Wildman–Crippen MR) is 120 cm³/mol. The molecule has 0 fully saturated rings. The Morgan fingerprint density at radius 3 is 2.32 bits per heavy atom. The van der Waals surface area contributed by atoms with E-state index in [1.807, 2.05) is 25.1 Å². The number of carbonyl (C=O) groups excluding carboxylic acids is 1. The van der Waals surface area contributed by atoms with Crippen molar-refractivity contribution >= 4 is 21.6 Å². The number of sulfonamides is 1. The van der Waals surface area contributed by atoms with Crippen molar-refractivity contribution in [3.63, 3.8) is 0 Å². The van der Waals surface area contributed by atoms with Crippen molar-refractivity contribution in [2.45, 2.75) is 44.8 Å². The Kier molecular flexibility index (Phi) is 7.02. The molecule has 1 N–H and O–H groups in total. The minimum Gasteiger partial charge on any atom is -0.349 e. The van der Waals surface area contributed by atoms with Gasteiger partial charge in [-0.05, 0) is 56.2 Å². The summed E-state index contributed by atoms with van der Waals surface area (Å²) in [6.45, 7) is 5.60. The number of aryl methyl sites for hydroxylation is 2. The molecular weight excluding hydrogens is 412 g/mol. The highest BCUT2D eigenvalue weighted by Gasteiger charge is 2.36. The lowest BCUT2D eigenvalue weighted by atomic mass is 10.1. The first-order valence-electron chi connectivity index (χ1n) is 10.0. The number of aromatic nitrogens is 2. The zero-order valence-electron chi connectivity index (χ0n) is 17.8. The van der Waals surface area contributed by atoms with Crippen molar-refractivity contribution in [3.05, 3.63) is 83.8 Å². The average molecular weight is 439 g/mol. The predicted octanol–water partition coefficient (Wildman–Crippen LogP) is 3.38. The van der Waals surface area contributed by atoms with E-state index in [0.717, 1.165) is 5.56 Å². The van der Waals surface area contributed by atoms with Gasteiger partial charge in [-0.25, -0.2) is 4.98 Å². The Morgan fingerprint density at radius 1 is 1.00 bits per heavy atom. The summed E-state index contributed by atoms with van der Waals surface area (Å²) in [5.41, 5.74) is 2.61. The number of hydrogen-bond acceptors (Lipinski definition) is 5. The molecule has 7 nitrogen and oxygen atoms in total. The quantitative estimate of drug-likeness (QED) is 0.582. The van der Waals surface area contributed by atoms with Crippen LogP contribution in [0.5, 0.6) is 0 Å². The largest absolute Gasteiger partial charge is 0.349 e. The molecule has 0 aliphatic carbocycles. The summed E-state index contributed by atoms with van der Waals surface area (Å²) in [6.07, 6.45) is 3.37. The van der Waals surface area contributed by atoms with Crippen LogP contribution in [0.1, 0.15) is 30.2 Å². The minimum absolute atomic E-state index is 0.0634. The summed E-state index contributed by atoms with van der Waals surface area (Å²) < 4.78 is 28.6. The van der Waals surface area contributed by atoms with E-state index in [1.165, 1.54) is 10.5 Å². The van der Waals surface area contributed by atoms with Crippen LogP contribution in [0.15, 0.2) is 72.0 Å². The Morgan fingerprint density at radius 2 is 1.71 bits per heavy atom. The molecule has 1 unspecified atom stereocenters. The Hall–Kier alpha value is -3.26. The van der Waals surface area contributed by atoms with Crippen LogP contribution in [0.4, 0.5) is 5.69 Å². The average Bonchev–Trinajstić information content (AvgIpc) is 2.77. The number of anilines is 1. The summed E-state index contributed by atoms with van der Waals surface area (Å²) in [5, 5.41) is 2.76. The standard InChI is InChI=1S/C23H26N4O3S/c1-4-21(22(28)26-16-19-9-5-6-14-24-19)27(20-12-10-17(2)11-13-20)31(29,30)23-18(3)8-7-15-25-23/h5-15,21H,4,16H2,1-3H3,(H,26,28). The van der Waals surface area contributed by atoms with Crippen LogP contribution >= 0.6 is 0 Å². The van der Waals surface area contributed by atoms with E-state index in [9.17, 15) is 13.2 Å². The molecule has 0 bridgehead atoms. The number of rotatable bonds is 8. The van der Waals surface area contributed by atoms with Crippen LogP contribution in [-0.4, -0.2) is 30.3 Å². The molecule has 162 valence electrons. The molecule has 1 aromatic carbocycles. The van der Waals surface area contributed by atoms with E-state index < -0.39 is 22.0 Å². The van der Waals surface area contributed by atoms with Crippen LogP contribution in [-0.2, 0) is 21.4 Å². The Balaban J connectivity index is 2.01. The van der Waals surface area contributed by atoms with Gasteiger partial charge >= 0.3 is 0 Å². The molecule has 3 aromatic rings. The maximum Gasteiger partial charge on any atom is 0.282 e. The molecule has 1 amide bonds. The second-order valence-corrected chi connectivity index (χ2v) is 8.96. The number of carbonyl (C=O) groups is 1. The van der Waals surface area contributed by atoms with Gasteiger partial charge < -0.3 is 5.32 Å². The highest BCUT2D eigenvalue weighted by Crippen LogP contribution is 2.28. The van der Waals surface area contributed by atoms with Gasteiger partial charge in [0.05, 0.1) is 17.9 Å². The summed E-state index contributed by atoms with van der Waals surface area (Å²) in [4.78, 5) is 21.4. The topological polar surface area (TPSA) is 92.3 Å². The maximum absolute atomic E-state index is 13.7. The van der Waals surface area contributed by atoms with Crippen LogP contribution in [0.25, 0.3) is 0 Å². The van der Waals surface area contributed by atoms with Gasteiger partial charge in [-0.15, -0.1) is 0 Å². The first-order valence-corrected chi connectivity index (χ1v) is 11.5. The van der Waals surface area contributed by atoms with Gasteiger partial charge in [0.15, 0.2) is 5.03 Å². The molecule has 8 heteroatoms. The van der Waals surface area contributed by atoms with E-state index >= 15 is 0 Å². The second kappa shape index (κ2) is 9.70. The molecule has 3 rings (SSSR count). The van der Waals surface area contributed by atoms with Gasteiger partial charge in [-0.3, -0.25) is 14.1 Å². The first kappa shape index (κ1) is 22.4. The number of nitrogens with zero attached hydrogens (tertiary/aromatic N) is 3. The van der Waals surface area contributed by atoms with Crippen LogP contribution in [0.2, 0.25) is 0 Å². The van der Waals surface area contributed by atoms with E-state index in [1.54, 1.807) is 56.4 Å². The molecule has 0 saturated carbocycles. The van der Waals surface area contributed by atoms with Crippen LogP contribution < -0.4 is 9.62 Å².